The van der Waals surface area contributed by atoms with Gasteiger partial charge in [0.05, 0.1) is 31.7 Å². The van der Waals surface area contributed by atoms with Crippen LogP contribution in [0.4, 0.5) is 17.6 Å². The Morgan fingerprint density at radius 1 is 0.515 bits per heavy atom. The maximum Gasteiger partial charge on any atom is 0.305 e. The van der Waals surface area contributed by atoms with E-state index in [1.165, 1.54) is 64.3 Å². The number of phenols is 1. The lowest BCUT2D eigenvalue weighted by atomic mass is 9.97. The number of aromatic nitrogens is 1. The van der Waals surface area contributed by atoms with Crippen molar-refractivity contribution >= 4 is 129 Å². The zero-order chi connectivity index (χ0) is 99.5. The van der Waals surface area contributed by atoms with E-state index in [0.717, 1.165) is 43.7 Å². The predicted molar refractivity (Wildman–Crippen MR) is 485 cm³/mol. The minimum absolute atomic E-state index is 0.103. The van der Waals surface area contributed by atoms with Gasteiger partial charge in [-0.15, -0.1) is 11.8 Å². The number of H-pyrrole nitrogens is 1. The number of para-hydroxylation sites is 1. The number of thioether (sulfide) groups is 1. The van der Waals surface area contributed by atoms with Crippen LogP contribution in [0.25, 0.3) is 10.9 Å². The fourth-order valence-electron chi connectivity index (χ4n) is 16.5. The third-order valence-electron chi connectivity index (χ3n) is 23.9. The number of ketones is 1. The second kappa shape index (κ2) is 49.9. The zero-order valence-electron chi connectivity index (χ0n) is 75.9. The van der Waals surface area contributed by atoms with E-state index in [9.17, 15) is 62.5 Å². The Balaban J connectivity index is 1.15. The lowest BCUT2D eigenvalue weighted by Crippen LogP contribution is -2.63. The van der Waals surface area contributed by atoms with Crippen LogP contribution < -0.4 is 59.3 Å². The van der Waals surface area contributed by atoms with Crippen molar-refractivity contribution in [3.05, 3.63) is 173 Å². The Morgan fingerprint density at radius 2 is 1.04 bits per heavy atom. The number of carboxylic acid groups (broad SMARTS) is 2. The minimum atomic E-state index is -2.01. The van der Waals surface area contributed by atoms with Gasteiger partial charge in [0, 0.05) is 95.6 Å². The monoisotopic (exact) mass is 1910 g/mol. The SMILES string of the molecule is CCCC[C@H]1C(=O)N2CCC[C@@H]2C(=O)N[C@@H](CC(=O)O)C(=O)N[C@@H](C(C)C)C(=O)N(C)[C@@H](Cc2ccccc2)C(=O)N[C@@H](CC(=O)O)C(=O)N2CCCC[C@@H]2C(=O)N[C@@H](Cc2c[nH]c3ccccc23)C(=O)N[C@@H](Cc2ccc(O)cc2)C(=O)N[C@@H](CCC(=O)CN)C(=O)N[C@H](C(=O)NCC(N)=O)CSCC(=O)N[C@@H](Cc2cc(F)c(F)c(F)c2)C(=O)N(C)[C@@H](Cc2ccc(F)cc2)C(=O)N1C. The summed E-state index contributed by atoms with van der Waals surface area (Å²) < 4.78 is 59.8. The quantitative estimate of drug-likeness (QED) is 0.0282. The molecule has 3 saturated heterocycles. The molecule has 0 saturated carbocycles. The fraction of sp³-hybridized carbons (Fsp3) is 0.462. The largest absolute Gasteiger partial charge is 0.508 e. The van der Waals surface area contributed by atoms with Crippen LogP contribution in [-0.2, 0) is 118 Å². The number of primary amides is 1. The average molecular weight is 1920 g/mol. The maximum absolute atomic E-state index is 15.7. The maximum atomic E-state index is 15.7. The Morgan fingerprint density at radius 3 is 1.67 bits per heavy atom. The molecule has 0 unspecified atom stereocenters. The molecule has 136 heavy (non-hydrogen) atoms. The summed E-state index contributed by atoms with van der Waals surface area (Å²) in [4.78, 5) is 272. The molecule has 3 aliphatic heterocycles. The Kier molecular flexibility index (Phi) is 38.8. The first-order valence-electron chi connectivity index (χ1n) is 44.5. The van der Waals surface area contributed by atoms with E-state index in [4.69, 9.17) is 11.5 Å². The van der Waals surface area contributed by atoms with Crippen LogP contribution in [0.2, 0.25) is 0 Å². The number of Topliss-reactive ketones (excluding diaryl/α,β-unsaturated/α-hetero) is 1. The highest BCUT2D eigenvalue weighted by molar-refractivity contribution is 8.00. The van der Waals surface area contributed by atoms with Crippen molar-refractivity contribution in [2.75, 3.05) is 58.8 Å². The molecule has 0 bridgehead atoms. The highest BCUT2D eigenvalue weighted by atomic mass is 32.2. The normalized spacial score (nSPS) is 23.3. The van der Waals surface area contributed by atoms with Gasteiger partial charge in [0.25, 0.3) is 0 Å². The number of nitrogens with zero attached hydrogens (tertiary/aromatic N) is 5. The summed E-state index contributed by atoms with van der Waals surface area (Å²) in [7, 11) is 3.49. The van der Waals surface area contributed by atoms with E-state index in [2.05, 4.69) is 52.8 Å². The number of fused-ring (bicyclic) bond motifs is 3. The number of aromatic amines is 1. The predicted octanol–water partition coefficient (Wildman–Crippen LogP) is 1.13. The molecule has 5 aromatic carbocycles. The first kappa shape index (κ1) is 106. The number of rotatable bonds is 25. The third kappa shape index (κ3) is 29.3. The van der Waals surface area contributed by atoms with Crippen LogP contribution >= 0.6 is 11.8 Å². The number of nitrogens with two attached hydrogens (primary N) is 2. The lowest BCUT2D eigenvalue weighted by Gasteiger charge is -2.38. The number of carboxylic acids is 2. The van der Waals surface area contributed by atoms with Crippen LogP contribution in [0.5, 0.6) is 5.75 Å². The van der Waals surface area contributed by atoms with Gasteiger partial charge < -0.3 is 104 Å². The number of phenolic OH excluding ortho intramolecular Hbond substituents is 1. The molecule has 13 atom stereocenters. The number of piperidine rings is 1. The number of halogens is 4. The first-order valence-corrected chi connectivity index (χ1v) is 45.7. The molecular weight excluding hydrogens is 1800 g/mol. The van der Waals surface area contributed by atoms with Crippen molar-refractivity contribution < 1.29 is 119 Å². The lowest BCUT2D eigenvalue weighted by molar-refractivity contribution is -0.152. The van der Waals surface area contributed by atoms with E-state index in [-0.39, 0.29) is 87.8 Å². The van der Waals surface area contributed by atoms with Crippen molar-refractivity contribution in [2.45, 2.75) is 208 Å². The van der Waals surface area contributed by atoms with Crippen molar-refractivity contribution in [3.63, 3.8) is 0 Å². The van der Waals surface area contributed by atoms with E-state index in [1.54, 1.807) is 67.7 Å². The van der Waals surface area contributed by atoms with E-state index < -0.39 is 289 Å². The van der Waals surface area contributed by atoms with Gasteiger partial charge in [0.1, 0.15) is 95.9 Å². The number of unbranched alkanes of at least 4 members (excludes halogenated alkanes) is 1. The molecule has 4 heterocycles. The van der Waals surface area contributed by atoms with E-state index in [1.807, 2.05) is 0 Å². The van der Waals surface area contributed by atoms with Crippen molar-refractivity contribution in [1.82, 2.24) is 77.3 Å². The van der Waals surface area contributed by atoms with Gasteiger partial charge in [0.2, 0.25) is 88.6 Å². The number of likely N-dealkylation sites (N-methyl/N-ethyl adjacent to an activating group) is 3. The number of hydrogen-bond acceptors (Lipinski definition) is 21. The van der Waals surface area contributed by atoms with Crippen LogP contribution in [0.1, 0.15) is 126 Å². The second-order valence-electron chi connectivity index (χ2n) is 34.2. The standard InChI is InChI=1S/C93H115F4N17O21S/c1-7-8-21-72-92(134)114-35-16-23-71(114)87(129)106-66(43-77(119)120)85(127)109-80(50(2)3)93(135)111(5)73(40-51-17-10-9-11-18-51)88(130)107-68(44-78(121)122)90(132)113-34-15-14-22-70(113)86(128)105-65(42-55-46-100-62-20-13-12-19-59(55)62)84(126)104-64(38-52-26-30-57(115)31-27-52)83(125)103-63(33-32-58(116)45-98)82(124)108-69(81(123)101-47-75(99)117)48-136-49-76(118)102-67(39-54-36-60(95)79(97)61(96)37-54)89(131)112(6)74(91(133)110(72)4)41-53-24-28-56(94)29-25-53/h9-13,17-20,24-31,36-37,46,50,63-74,80,100,115H,7-8,14-16,21-23,32-35,38-45,47-49,98H2,1-6H3,(H2,99,117)(H,101,123)(H,102,118)(H,103,125)(H,104,126)(H,105,128)(H,106,129)(H,107,130)(H,108,124)(H,109,127)(H,119,120)(H,121,122)/t63-,64-,65-,66-,67-,68-,69-,70+,71+,72-,73-,74-,80-/m0/s1. The molecule has 15 amide bonds. The second-order valence-corrected chi connectivity index (χ2v) is 35.2. The highest BCUT2D eigenvalue weighted by Crippen LogP contribution is 2.29. The van der Waals surface area contributed by atoms with Gasteiger partial charge in [0.15, 0.2) is 17.5 Å². The van der Waals surface area contributed by atoms with Crippen LogP contribution in [-0.4, -0.2) is 289 Å². The molecule has 3 aliphatic rings. The molecular formula is C93H115F4N17O21S. The van der Waals surface area contributed by atoms with Crippen LogP contribution in [0, 0.1) is 29.2 Å². The summed E-state index contributed by atoms with van der Waals surface area (Å²) >= 11 is 0.574. The summed E-state index contributed by atoms with van der Waals surface area (Å²) in [6, 6.07) is 3.00. The smallest absolute Gasteiger partial charge is 0.305 e. The van der Waals surface area contributed by atoms with Gasteiger partial charge in [-0.2, -0.15) is 0 Å². The van der Waals surface area contributed by atoms with E-state index in [0.29, 0.717) is 52.3 Å². The summed E-state index contributed by atoms with van der Waals surface area (Å²) in [5.74, 6) is -29.0. The molecule has 17 N–H and O–H groups in total. The first-order chi connectivity index (χ1) is 64.6. The molecule has 1 aromatic heterocycles. The molecule has 0 radical (unpaired) electrons. The fourth-order valence-corrected chi connectivity index (χ4v) is 17.3. The number of amides is 15. The number of aliphatic carboxylic acids is 2. The van der Waals surface area contributed by atoms with Gasteiger partial charge in [-0.05, 0) is 121 Å². The van der Waals surface area contributed by atoms with Crippen molar-refractivity contribution in [3.8, 4) is 5.75 Å². The molecule has 3 fully saturated rings. The molecule has 38 nitrogen and oxygen atoms in total. The summed E-state index contributed by atoms with van der Waals surface area (Å²) in [5, 5.41) is 54.5. The Hall–Kier alpha value is -13.9. The Labute approximate surface area is 784 Å². The van der Waals surface area contributed by atoms with Gasteiger partial charge >= 0.3 is 11.9 Å². The average Bonchev–Trinajstić information content (AvgIpc) is 1.26. The number of aromatic hydroxyl groups is 1. The minimum Gasteiger partial charge on any atom is -0.508 e. The Bertz CT molecular complexity index is 5350. The molecule has 732 valence electrons. The summed E-state index contributed by atoms with van der Waals surface area (Å²) in [5.41, 5.74) is 12.6. The third-order valence-corrected chi connectivity index (χ3v) is 25.0. The highest BCUT2D eigenvalue weighted by Gasteiger charge is 2.47. The molecule has 43 heteroatoms. The van der Waals surface area contributed by atoms with Gasteiger partial charge in [-0.1, -0.05) is 106 Å². The number of hydrogen-bond donors (Lipinski definition) is 15. The molecule has 0 aliphatic carbocycles. The number of benzene rings is 5. The summed E-state index contributed by atoms with van der Waals surface area (Å²) in [6.07, 6.45) is -3.45. The van der Waals surface area contributed by atoms with Crippen molar-refractivity contribution in [1.29, 1.82) is 0 Å². The van der Waals surface area contributed by atoms with Crippen molar-refractivity contribution in [2.24, 2.45) is 17.4 Å². The summed E-state index contributed by atoms with van der Waals surface area (Å²) in [6.45, 7) is 2.92. The number of carbonyl (C=O) groups is 18. The van der Waals surface area contributed by atoms with Gasteiger partial charge in [-0.3, -0.25) is 86.3 Å². The molecule has 9 rings (SSSR count). The number of nitrogens with one attached hydrogen (secondary N) is 10. The molecule has 0 spiro atoms. The van der Waals surface area contributed by atoms with Gasteiger partial charge in [-0.25, -0.2) is 17.6 Å². The molecule has 6 aromatic rings. The number of carbonyl (C=O) groups excluding carboxylic acids is 16. The van der Waals surface area contributed by atoms with Crippen LogP contribution in [0.3, 0.4) is 0 Å². The topological polar surface area (TPSA) is 560 Å². The van der Waals surface area contributed by atoms with E-state index >= 15 is 56.7 Å². The van der Waals surface area contributed by atoms with Crippen LogP contribution in [0.15, 0.2) is 121 Å². The zero-order valence-corrected chi connectivity index (χ0v) is 76.7.